The molecule has 3 heteroatoms. The Morgan fingerprint density at radius 2 is 1.42 bits per heavy atom. The predicted molar refractivity (Wildman–Crippen MR) is 43.4 cm³/mol. The zero-order valence-electron chi connectivity index (χ0n) is 7.59. The first-order valence-electron chi connectivity index (χ1n) is 4.53. The minimum absolute atomic E-state index is 0. The summed E-state index contributed by atoms with van der Waals surface area (Å²) in [7, 11) is 0. The number of carboxylic acids is 1. The van der Waals surface area contributed by atoms with Crippen LogP contribution in [-0.2, 0) is 24.3 Å². The van der Waals surface area contributed by atoms with Gasteiger partial charge in [0.25, 0.3) is 0 Å². The molecule has 66 valence electrons. The molecule has 1 rings (SSSR count). The molecule has 1 saturated carbocycles. The molecule has 0 amide bonds. The fraction of sp³-hybridized carbons (Fsp3) is 0.889. The molecule has 1 N–H and O–H groups in total. The van der Waals surface area contributed by atoms with Crippen molar-refractivity contribution < 1.29 is 29.4 Å². The van der Waals surface area contributed by atoms with E-state index in [1.807, 2.05) is 0 Å². The number of aliphatic carboxylic acids is 1. The second kappa shape index (κ2) is 6.59. The van der Waals surface area contributed by atoms with Gasteiger partial charge in [0.2, 0.25) is 0 Å². The molecule has 2 nitrogen and oxygen atoms in total. The Kier molecular flexibility index (Phi) is 6.64. The van der Waals surface area contributed by atoms with Gasteiger partial charge in [0.15, 0.2) is 0 Å². The molecule has 0 aromatic carbocycles. The Balaban J connectivity index is 0.00000121. The number of carbonyl (C=O) groups is 1. The number of rotatable bonds is 1. The van der Waals surface area contributed by atoms with Crippen molar-refractivity contribution in [3.05, 3.63) is 0 Å². The number of hydrogen-bond donors (Lipinski definition) is 1. The first-order chi connectivity index (χ1) is 5.30. The van der Waals surface area contributed by atoms with Crippen molar-refractivity contribution in [2.45, 2.75) is 44.9 Å². The van der Waals surface area contributed by atoms with Gasteiger partial charge in [-0.05, 0) is 12.8 Å². The number of carboxylic acid groups (broad SMARTS) is 1. The van der Waals surface area contributed by atoms with E-state index in [9.17, 15) is 4.79 Å². The van der Waals surface area contributed by atoms with Crippen LogP contribution in [-0.4, -0.2) is 11.1 Å². The molecule has 0 bridgehead atoms. The first kappa shape index (κ1) is 12.1. The van der Waals surface area contributed by atoms with E-state index in [4.69, 9.17) is 5.11 Å². The van der Waals surface area contributed by atoms with Gasteiger partial charge in [-0.1, -0.05) is 32.1 Å². The molecule has 0 spiro atoms. The largest absolute Gasteiger partial charge is 0.481 e. The predicted octanol–water partition coefficient (Wildman–Crippen LogP) is 2.43. The summed E-state index contributed by atoms with van der Waals surface area (Å²) in [4.78, 5) is 10.6. The Morgan fingerprint density at radius 1 is 1.00 bits per heavy atom. The van der Waals surface area contributed by atoms with Crippen LogP contribution >= 0.6 is 0 Å². The molecule has 0 saturated heterocycles. The van der Waals surface area contributed by atoms with E-state index in [0.29, 0.717) is 0 Å². The van der Waals surface area contributed by atoms with Gasteiger partial charge in [0.05, 0.1) is 5.92 Å². The summed E-state index contributed by atoms with van der Waals surface area (Å²) >= 11 is 0. The van der Waals surface area contributed by atoms with Gasteiger partial charge in [0, 0.05) is 19.5 Å². The minimum Gasteiger partial charge on any atom is -0.481 e. The average molecular weight is 222 g/mol. The van der Waals surface area contributed by atoms with Crippen molar-refractivity contribution >= 4 is 5.97 Å². The minimum atomic E-state index is -0.591. The fourth-order valence-corrected chi connectivity index (χ4v) is 1.70. The number of hydrogen-bond acceptors (Lipinski definition) is 1. The van der Waals surface area contributed by atoms with Gasteiger partial charge in [-0.15, -0.1) is 0 Å². The topological polar surface area (TPSA) is 37.3 Å². The van der Waals surface area contributed by atoms with Crippen LogP contribution in [0.4, 0.5) is 0 Å². The van der Waals surface area contributed by atoms with E-state index in [2.05, 4.69) is 0 Å². The SMILES string of the molecule is O=C(O)C1CCCCCCC1.[Zn]. The van der Waals surface area contributed by atoms with Crippen LogP contribution in [0.2, 0.25) is 0 Å². The van der Waals surface area contributed by atoms with Gasteiger partial charge in [-0.2, -0.15) is 0 Å². The van der Waals surface area contributed by atoms with Crippen molar-refractivity contribution in [2.24, 2.45) is 5.92 Å². The molecule has 1 fully saturated rings. The average Bonchev–Trinajstić information content (AvgIpc) is 1.84. The van der Waals surface area contributed by atoms with Gasteiger partial charge in [-0.25, -0.2) is 0 Å². The molecule has 0 aliphatic heterocycles. The van der Waals surface area contributed by atoms with E-state index >= 15 is 0 Å². The molecule has 1 aliphatic rings. The van der Waals surface area contributed by atoms with Crippen LogP contribution in [0.15, 0.2) is 0 Å². The van der Waals surface area contributed by atoms with Gasteiger partial charge >= 0.3 is 5.97 Å². The molecule has 1 aliphatic carbocycles. The normalized spacial score (nSPS) is 20.3. The zero-order chi connectivity index (χ0) is 8.10. The van der Waals surface area contributed by atoms with E-state index in [1.54, 1.807) is 0 Å². The summed E-state index contributed by atoms with van der Waals surface area (Å²) in [5.74, 6) is -0.637. The van der Waals surface area contributed by atoms with Crippen molar-refractivity contribution in [1.82, 2.24) is 0 Å². The Labute approximate surface area is 86.5 Å². The first-order valence-corrected chi connectivity index (χ1v) is 4.53. The second-order valence-corrected chi connectivity index (χ2v) is 3.38. The van der Waals surface area contributed by atoms with E-state index in [-0.39, 0.29) is 25.4 Å². The quantitative estimate of drug-likeness (QED) is 0.691. The van der Waals surface area contributed by atoms with Gasteiger partial charge in [-0.3, -0.25) is 4.79 Å². The van der Waals surface area contributed by atoms with Gasteiger partial charge < -0.3 is 5.11 Å². The second-order valence-electron chi connectivity index (χ2n) is 3.38. The Morgan fingerprint density at radius 3 is 1.83 bits per heavy atom. The van der Waals surface area contributed by atoms with E-state index < -0.39 is 5.97 Å². The molecular weight excluding hydrogens is 205 g/mol. The Hall–Kier alpha value is 0.0934. The van der Waals surface area contributed by atoms with Crippen LogP contribution in [0, 0.1) is 5.92 Å². The van der Waals surface area contributed by atoms with Crippen LogP contribution in [0.3, 0.4) is 0 Å². The third-order valence-electron chi connectivity index (χ3n) is 2.45. The van der Waals surface area contributed by atoms with Crippen molar-refractivity contribution in [3.63, 3.8) is 0 Å². The third-order valence-corrected chi connectivity index (χ3v) is 2.45. The molecule has 0 heterocycles. The molecule has 0 aromatic heterocycles. The van der Waals surface area contributed by atoms with Gasteiger partial charge in [0.1, 0.15) is 0 Å². The molecule has 0 unspecified atom stereocenters. The van der Waals surface area contributed by atoms with Crippen LogP contribution in [0.25, 0.3) is 0 Å². The molecule has 0 aromatic rings. The van der Waals surface area contributed by atoms with Crippen molar-refractivity contribution in [1.29, 1.82) is 0 Å². The molecule has 0 atom stereocenters. The summed E-state index contributed by atoms with van der Waals surface area (Å²) in [6.07, 6.45) is 7.76. The van der Waals surface area contributed by atoms with Crippen LogP contribution in [0.5, 0.6) is 0 Å². The summed E-state index contributed by atoms with van der Waals surface area (Å²) < 4.78 is 0. The van der Waals surface area contributed by atoms with E-state index in [0.717, 1.165) is 25.7 Å². The molecular formula is C9H16O2Zn. The zero-order valence-corrected chi connectivity index (χ0v) is 10.6. The maximum atomic E-state index is 10.6. The maximum Gasteiger partial charge on any atom is 0.306 e. The monoisotopic (exact) mass is 220 g/mol. The smallest absolute Gasteiger partial charge is 0.306 e. The molecule has 0 radical (unpaired) electrons. The maximum absolute atomic E-state index is 10.6. The third kappa shape index (κ3) is 4.20. The Bertz CT molecular complexity index is 128. The summed E-state index contributed by atoms with van der Waals surface area (Å²) in [6, 6.07) is 0. The fourth-order valence-electron chi connectivity index (χ4n) is 1.70. The van der Waals surface area contributed by atoms with E-state index in [1.165, 1.54) is 19.3 Å². The standard InChI is InChI=1S/C9H16O2.Zn/c10-9(11)8-6-4-2-1-3-5-7-8;/h8H,1-7H2,(H,10,11);. The van der Waals surface area contributed by atoms with Crippen molar-refractivity contribution in [2.75, 3.05) is 0 Å². The van der Waals surface area contributed by atoms with Crippen LogP contribution < -0.4 is 0 Å². The van der Waals surface area contributed by atoms with Crippen LogP contribution in [0.1, 0.15) is 44.9 Å². The summed E-state index contributed by atoms with van der Waals surface area (Å²) in [5, 5.41) is 8.76. The summed E-state index contributed by atoms with van der Waals surface area (Å²) in [5.41, 5.74) is 0. The summed E-state index contributed by atoms with van der Waals surface area (Å²) in [6.45, 7) is 0. The van der Waals surface area contributed by atoms with Crippen molar-refractivity contribution in [3.8, 4) is 0 Å². The molecule has 12 heavy (non-hydrogen) atoms.